The van der Waals surface area contributed by atoms with E-state index in [1.165, 1.54) is 43.6 Å². The Labute approximate surface area is 89.4 Å². The predicted octanol–water partition coefficient (Wildman–Crippen LogP) is 4.31. The quantitative estimate of drug-likeness (QED) is 0.423. The third-order valence-electron chi connectivity index (χ3n) is 1.69. The lowest BCUT2D eigenvalue weighted by Crippen LogP contribution is -1.82. The molecule has 0 amide bonds. The lowest BCUT2D eigenvalue weighted by atomic mass is 10.2. The minimum Gasteiger partial charge on any atom is -0.165 e. The van der Waals surface area contributed by atoms with Gasteiger partial charge in [-0.25, -0.2) is 0 Å². The second-order valence-corrected chi connectivity index (χ2v) is 6.42. The summed E-state index contributed by atoms with van der Waals surface area (Å²) in [4.78, 5) is 0. The number of rotatable bonds is 9. The lowest BCUT2D eigenvalue weighted by Gasteiger charge is -1.99. The van der Waals surface area contributed by atoms with Gasteiger partial charge in [0.25, 0.3) is 0 Å². The van der Waals surface area contributed by atoms with E-state index in [1.54, 1.807) is 0 Å². The molecule has 0 aliphatic rings. The van der Waals surface area contributed by atoms with Crippen LogP contribution in [0.1, 0.15) is 32.1 Å². The van der Waals surface area contributed by atoms with E-state index in [2.05, 4.69) is 12.5 Å². The fraction of sp³-hybridized carbons (Fsp3) is 1.00. The van der Waals surface area contributed by atoms with Gasteiger partial charge >= 0.3 is 0 Å². The first-order chi connectivity index (χ1) is 5.91. The molecular formula is C9H20S3. The normalized spacial score (nSPS) is 10.5. The Morgan fingerprint density at radius 3 is 1.92 bits per heavy atom. The smallest absolute Gasteiger partial charge is 0.00368 e. The summed E-state index contributed by atoms with van der Waals surface area (Å²) in [6.07, 6.45) is 11.5. The van der Waals surface area contributed by atoms with Crippen molar-refractivity contribution in [3.8, 4) is 0 Å². The van der Waals surface area contributed by atoms with Crippen LogP contribution in [0.15, 0.2) is 0 Å². The molecule has 74 valence electrons. The van der Waals surface area contributed by atoms with Gasteiger partial charge in [-0.2, -0.15) is 11.8 Å². The first kappa shape index (κ1) is 13.1. The van der Waals surface area contributed by atoms with Crippen LogP contribution in [0.5, 0.6) is 0 Å². The summed E-state index contributed by atoms with van der Waals surface area (Å²) in [7, 11) is 3.88. The standard InChI is InChI=1S/C9H20S3/c1-10-8-6-4-3-5-7-9-12-11-2/h3-9H2,1-2H3. The minimum absolute atomic E-state index is 1.34. The van der Waals surface area contributed by atoms with E-state index in [0.717, 1.165) is 0 Å². The van der Waals surface area contributed by atoms with Crippen molar-refractivity contribution in [1.82, 2.24) is 0 Å². The van der Waals surface area contributed by atoms with Crippen molar-refractivity contribution in [2.45, 2.75) is 32.1 Å². The molecule has 0 aromatic heterocycles. The van der Waals surface area contributed by atoms with Gasteiger partial charge < -0.3 is 0 Å². The number of hydrogen-bond donors (Lipinski definition) is 0. The number of unbranched alkanes of at least 4 members (excludes halogenated alkanes) is 4. The van der Waals surface area contributed by atoms with Gasteiger partial charge in [-0.05, 0) is 31.1 Å². The maximum absolute atomic E-state index is 2.19. The van der Waals surface area contributed by atoms with E-state index < -0.39 is 0 Å². The van der Waals surface area contributed by atoms with Crippen molar-refractivity contribution in [1.29, 1.82) is 0 Å². The van der Waals surface area contributed by atoms with E-state index in [0.29, 0.717) is 0 Å². The molecule has 12 heavy (non-hydrogen) atoms. The molecule has 0 aliphatic heterocycles. The van der Waals surface area contributed by atoms with Crippen LogP contribution in [-0.2, 0) is 0 Å². The molecule has 0 spiro atoms. The molecule has 0 bridgehead atoms. The average molecular weight is 224 g/mol. The number of thioether (sulfide) groups is 1. The molecule has 0 aromatic rings. The Bertz CT molecular complexity index is 66.2. The molecule has 0 rings (SSSR count). The fourth-order valence-electron chi connectivity index (χ4n) is 1.02. The first-order valence-corrected chi connectivity index (χ1v) is 8.68. The van der Waals surface area contributed by atoms with Crippen molar-refractivity contribution < 1.29 is 0 Å². The second-order valence-electron chi connectivity index (χ2n) is 2.75. The van der Waals surface area contributed by atoms with Gasteiger partial charge in [0.1, 0.15) is 0 Å². The molecule has 0 N–H and O–H groups in total. The molecule has 3 heteroatoms. The summed E-state index contributed by atoms with van der Waals surface area (Å²) in [6, 6.07) is 0. The zero-order valence-electron chi connectivity index (χ0n) is 8.17. The Kier molecular flexibility index (Phi) is 13.1. The highest BCUT2D eigenvalue weighted by Crippen LogP contribution is 2.19. The van der Waals surface area contributed by atoms with Crippen LogP contribution in [0.3, 0.4) is 0 Å². The highest BCUT2D eigenvalue weighted by Gasteiger charge is 1.90. The third kappa shape index (κ3) is 11.1. The number of hydrogen-bond acceptors (Lipinski definition) is 3. The molecule has 0 fully saturated rings. The van der Waals surface area contributed by atoms with E-state index in [9.17, 15) is 0 Å². The Hall–Kier alpha value is 1.05. The fourth-order valence-corrected chi connectivity index (χ4v) is 2.86. The second kappa shape index (κ2) is 12.0. The van der Waals surface area contributed by atoms with Crippen LogP contribution >= 0.6 is 33.3 Å². The molecule has 0 nitrogen and oxygen atoms in total. The molecule has 0 unspecified atom stereocenters. The van der Waals surface area contributed by atoms with Crippen LogP contribution < -0.4 is 0 Å². The van der Waals surface area contributed by atoms with Gasteiger partial charge in [-0.15, -0.1) is 0 Å². The first-order valence-electron chi connectivity index (χ1n) is 4.56. The van der Waals surface area contributed by atoms with Crippen molar-refractivity contribution in [2.75, 3.05) is 24.0 Å². The minimum atomic E-state index is 1.34. The van der Waals surface area contributed by atoms with Crippen LogP contribution in [-0.4, -0.2) is 24.0 Å². The summed E-state index contributed by atoms with van der Waals surface area (Å²) in [6.45, 7) is 0. The molecule has 0 atom stereocenters. The molecule has 0 aromatic carbocycles. The van der Waals surface area contributed by atoms with E-state index in [4.69, 9.17) is 0 Å². The maximum Gasteiger partial charge on any atom is 0.00368 e. The highest BCUT2D eigenvalue weighted by atomic mass is 33.1. The van der Waals surface area contributed by atoms with Crippen LogP contribution in [0.4, 0.5) is 0 Å². The van der Waals surface area contributed by atoms with E-state index in [-0.39, 0.29) is 0 Å². The van der Waals surface area contributed by atoms with Crippen molar-refractivity contribution >= 4 is 33.3 Å². The lowest BCUT2D eigenvalue weighted by molar-refractivity contribution is 0.663. The average Bonchev–Trinajstić information content (AvgIpc) is 2.10. The van der Waals surface area contributed by atoms with Gasteiger partial charge in [0.2, 0.25) is 0 Å². The topological polar surface area (TPSA) is 0 Å². The zero-order valence-corrected chi connectivity index (χ0v) is 10.6. The van der Waals surface area contributed by atoms with E-state index in [1.807, 2.05) is 33.3 Å². The van der Waals surface area contributed by atoms with Gasteiger partial charge in [-0.3, -0.25) is 0 Å². The summed E-state index contributed by atoms with van der Waals surface area (Å²) in [5, 5.41) is 0. The van der Waals surface area contributed by atoms with Crippen LogP contribution in [0, 0.1) is 0 Å². The van der Waals surface area contributed by atoms with Crippen LogP contribution in [0.25, 0.3) is 0 Å². The Morgan fingerprint density at radius 2 is 1.33 bits per heavy atom. The SMILES string of the molecule is CSCCCCCCCSSC. The summed E-state index contributed by atoms with van der Waals surface area (Å²) >= 11 is 1.97. The Morgan fingerprint density at radius 1 is 0.750 bits per heavy atom. The zero-order chi connectivity index (χ0) is 9.07. The summed E-state index contributed by atoms with van der Waals surface area (Å²) in [5.74, 6) is 2.68. The summed E-state index contributed by atoms with van der Waals surface area (Å²) < 4.78 is 0. The van der Waals surface area contributed by atoms with Crippen LogP contribution in [0.2, 0.25) is 0 Å². The van der Waals surface area contributed by atoms with E-state index >= 15 is 0 Å². The molecule has 0 saturated carbocycles. The van der Waals surface area contributed by atoms with Gasteiger partial charge in [-0.1, -0.05) is 40.9 Å². The molecule has 0 aliphatic carbocycles. The van der Waals surface area contributed by atoms with Crippen molar-refractivity contribution in [2.24, 2.45) is 0 Å². The van der Waals surface area contributed by atoms with Crippen molar-refractivity contribution in [3.63, 3.8) is 0 Å². The monoisotopic (exact) mass is 224 g/mol. The summed E-state index contributed by atoms with van der Waals surface area (Å²) in [5.41, 5.74) is 0. The largest absolute Gasteiger partial charge is 0.165 e. The van der Waals surface area contributed by atoms with Gasteiger partial charge in [0.15, 0.2) is 0 Å². The predicted molar refractivity (Wildman–Crippen MR) is 67.4 cm³/mol. The van der Waals surface area contributed by atoms with Gasteiger partial charge in [0, 0.05) is 5.75 Å². The Balaban J connectivity index is 2.73. The third-order valence-corrected chi connectivity index (χ3v) is 4.29. The highest BCUT2D eigenvalue weighted by molar-refractivity contribution is 8.76. The molecule has 0 saturated heterocycles. The maximum atomic E-state index is 2.19. The van der Waals surface area contributed by atoms with Gasteiger partial charge in [0.05, 0.1) is 0 Å². The molecule has 0 radical (unpaired) electrons. The molecule has 0 heterocycles. The van der Waals surface area contributed by atoms with Crippen molar-refractivity contribution in [3.05, 3.63) is 0 Å². The molecular weight excluding hydrogens is 204 g/mol.